The molecular formula is C27H38N6O7. The first-order valence-corrected chi connectivity index (χ1v) is 13.5. The van der Waals surface area contributed by atoms with Gasteiger partial charge < -0.3 is 42.2 Å². The van der Waals surface area contributed by atoms with Gasteiger partial charge >= 0.3 is 11.9 Å². The number of H-pyrrole nitrogens is 1. The third kappa shape index (κ3) is 8.02. The molecule has 1 aliphatic rings. The number of likely N-dealkylation sites (tertiary alicyclic amines) is 1. The first-order chi connectivity index (χ1) is 19.1. The number of rotatable bonds is 15. The monoisotopic (exact) mass is 558 g/mol. The van der Waals surface area contributed by atoms with Crippen molar-refractivity contribution in [2.75, 3.05) is 13.1 Å². The molecule has 218 valence electrons. The molecule has 1 aliphatic heterocycles. The average molecular weight is 559 g/mol. The van der Waals surface area contributed by atoms with E-state index in [4.69, 9.17) is 11.5 Å². The number of carboxylic acid groups (broad SMARTS) is 2. The minimum Gasteiger partial charge on any atom is -0.481 e. The second kappa shape index (κ2) is 14.4. The normalized spacial score (nSPS) is 17.2. The fourth-order valence-corrected chi connectivity index (χ4v) is 4.93. The van der Waals surface area contributed by atoms with Crippen molar-refractivity contribution < 1.29 is 34.2 Å². The maximum absolute atomic E-state index is 13.6. The molecule has 4 unspecified atom stereocenters. The van der Waals surface area contributed by atoms with Crippen molar-refractivity contribution in [1.82, 2.24) is 20.5 Å². The minimum absolute atomic E-state index is 0.0679. The van der Waals surface area contributed by atoms with Gasteiger partial charge in [0.2, 0.25) is 17.7 Å². The SMILES string of the molecule is NCCCCC(N)C(=O)NC(Cc1c[nH]c2ccccc12)C(=O)NC(CCC(=O)O)C(=O)N1CCCC1C(=O)O. The highest BCUT2D eigenvalue weighted by Crippen LogP contribution is 2.21. The third-order valence-electron chi connectivity index (χ3n) is 7.12. The summed E-state index contributed by atoms with van der Waals surface area (Å²) in [4.78, 5) is 67.1. The lowest BCUT2D eigenvalue weighted by Crippen LogP contribution is -2.57. The number of amides is 3. The van der Waals surface area contributed by atoms with Crippen LogP contribution in [-0.2, 0) is 30.4 Å². The van der Waals surface area contributed by atoms with Crippen LogP contribution in [0.5, 0.6) is 0 Å². The second-order valence-corrected chi connectivity index (χ2v) is 10.0. The lowest BCUT2D eigenvalue weighted by molar-refractivity contribution is -0.150. The molecule has 3 rings (SSSR count). The Hall–Kier alpha value is -3.97. The van der Waals surface area contributed by atoms with Crippen molar-refractivity contribution in [3.8, 4) is 0 Å². The largest absolute Gasteiger partial charge is 0.481 e. The lowest BCUT2D eigenvalue weighted by Gasteiger charge is -2.29. The summed E-state index contributed by atoms with van der Waals surface area (Å²) in [7, 11) is 0. The smallest absolute Gasteiger partial charge is 0.326 e. The number of benzene rings is 1. The maximum Gasteiger partial charge on any atom is 0.326 e. The molecule has 2 heterocycles. The van der Waals surface area contributed by atoms with E-state index in [2.05, 4.69) is 15.6 Å². The van der Waals surface area contributed by atoms with Gasteiger partial charge in [-0.3, -0.25) is 19.2 Å². The van der Waals surface area contributed by atoms with Crippen molar-refractivity contribution in [3.63, 3.8) is 0 Å². The summed E-state index contributed by atoms with van der Waals surface area (Å²) in [5.74, 6) is -4.26. The van der Waals surface area contributed by atoms with Gasteiger partial charge in [-0.15, -0.1) is 0 Å². The van der Waals surface area contributed by atoms with Gasteiger partial charge in [0, 0.05) is 36.5 Å². The summed E-state index contributed by atoms with van der Waals surface area (Å²) < 4.78 is 0. The van der Waals surface area contributed by atoms with Crippen LogP contribution in [0, 0.1) is 0 Å². The molecule has 3 amide bonds. The van der Waals surface area contributed by atoms with E-state index < -0.39 is 60.2 Å². The van der Waals surface area contributed by atoms with Gasteiger partial charge in [0.25, 0.3) is 0 Å². The molecule has 0 spiro atoms. The first kappa shape index (κ1) is 30.6. The van der Waals surface area contributed by atoms with Crippen LogP contribution in [0.25, 0.3) is 10.9 Å². The van der Waals surface area contributed by atoms with Crippen molar-refractivity contribution in [2.45, 2.75) is 75.5 Å². The van der Waals surface area contributed by atoms with E-state index >= 15 is 0 Å². The number of aliphatic carboxylic acids is 2. The molecule has 1 fully saturated rings. The van der Waals surface area contributed by atoms with Crippen LogP contribution in [-0.4, -0.2) is 87.0 Å². The van der Waals surface area contributed by atoms with E-state index in [1.807, 2.05) is 24.3 Å². The summed E-state index contributed by atoms with van der Waals surface area (Å²) in [5, 5.41) is 24.9. The van der Waals surface area contributed by atoms with E-state index in [1.165, 1.54) is 0 Å². The first-order valence-electron chi connectivity index (χ1n) is 13.5. The number of para-hydroxylation sites is 1. The van der Waals surface area contributed by atoms with Gasteiger partial charge in [-0.05, 0) is 50.3 Å². The highest BCUT2D eigenvalue weighted by molar-refractivity contribution is 5.95. The van der Waals surface area contributed by atoms with Crippen LogP contribution in [0.4, 0.5) is 0 Å². The van der Waals surface area contributed by atoms with Gasteiger partial charge in [-0.1, -0.05) is 24.6 Å². The van der Waals surface area contributed by atoms with Crippen LogP contribution in [0.2, 0.25) is 0 Å². The molecule has 4 atom stereocenters. The van der Waals surface area contributed by atoms with Gasteiger partial charge in [0.1, 0.15) is 18.1 Å². The van der Waals surface area contributed by atoms with E-state index in [0.29, 0.717) is 32.2 Å². The van der Waals surface area contributed by atoms with Gasteiger partial charge in [-0.25, -0.2) is 4.79 Å². The molecule has 40 heavy (non-hydrogen) atoms. The topological polar surface area (TPSA) is 221 Å². The number of aromatic nitrogens is 1. The molecule has 0 saturated carbocycles. The van der Waals surface area contributed by atoms with Gasteiger partial charge in [-0.2, -0.15) is 0 Å². The lowest BCUT2D eigenvalue weighted by atomic mass is 10.0. The molecule has 9 N–H and O–H groups in total. The Balaban J connectivity index is 1.83. The predicted octanol–water partition coefficient (Wildman–Crippen LogP) is 0.0767. The van der Waals surface area contributed by atoms with E-state index in [0.717, 1.165) is 21.4 Å². The number of hydrogen-bond donors (Lipinski definition) is 7. The summed E-state index contributed by atoms with van der Waals surface area (Å²) in [6.45, 7) is 0.647. The van der Waals surface area contributed by atoms with Crippen molar-refractivity contribution in [1.29, 1.82) is 0 Å². The van der Waals surface area contributed by atoms with Crippen molar-refractivity contribution in [2.24, 2.45) is 11.5 Å². The van der Waals surface area contributed by atoms with Crippen molar-refractivity contribution in [3.05, 3.63) is 36.0 Å². The zero-order valence-electron chi connectivity index (χ0n) is 22.3. The minimum atomic E-state index is -1.29. The second-order valence-electron chi connectivity index (χ2n) is 10.0. The molecule has 0 bridgehead atoms. The molecule has 0 radical (unpaired) electrons. The Morgan fingerprint density at radius 3 is 2.45 bits per heavy atom. The molecule has 13 nitrogen and oxygen atoms in total. The van der Waals surface area contributed by atoms with Crippen LogP contribution in [0.1, 0.15) is 50.5 Å². The van der Waals surface area contributed by atoms with E-state index in [9.17, 15) is 34.2 Å². The van der Waals surface area contributed by atoms with E-state index in [1.54, 1.807) is 6.20 Å². The van der Waals surface area contributed by atoms with Gasteiger partial charge in [0.05, 0.1) is 6.04 Å². The van der Waals surface area contributed by atoms with Crippen LogP contribution in [0.15, 0.2) is 30.5 Å². The number of carbonyl (C=O) groups excluding carboxylic acids is 3. The Labute approximate surface area is 231 Å². The Morgan fingerprint density at radius 2 is 1.75 bits per heavy atom. The number of carboxylic acids is 2. The van der Waals surface area contributed by atoms with Crippen LogP contribution >= 0.6 is 0 Å². The molecular weight excluding hydrogens is 520 g/mol. The number of nitrogens with zero attached hydrogens (tertiary/aromatic N) is 1. The fraction of sp³-hybridized carbons (Fsp3) is 0.519. The highest BCUT2D eigenvalue weighted by atomic mass is 16.4. The standard InChI is InChI=1S/C27H38N6O7/c28-12-4-3-7-18(29)24(36)32-21(14-16-15-30-19-8-2-1-6-17(16)19)25(37)31-20(10-11-23(34)35)26(38)33-13-5-9-22(33)27(39)40/h1-2,6,8,15,18,20-22,30H,3-5,7,9-14,28-29H2,(H,31,37)(H,32,36)(H,34,35)(H,39,40). The number of unbranched alkanes of at least 4 members (excludes halogenated alkanes) is 1. The third-order valence-corrected chi connectivity index (χ3v) is 7.12. The molecule has 1 aromatic carbocycles. The number of carbonyl (C=O) groups is 5. The summed E-state index contributed by atoms with van der Waals surface area (Å²) in [6, 6.07) is 3.09. The molecule has 1 aromatic heterocycles. The maximum atomic E-state index is 13.6. The Kier molecular flexibility index (Phi) is 11.0. The zero-order chi connectivity index (χ0) is 29.2. The molecule has 1 saturated heterocycles. The number of hydrogen-bond acceptors (Lipinski definition) is 7. The number of fused-ring (bicyclic) bond motifs is 1. The Morgan fingerprint density at radius 1 is 1.02 bits per heavy atom. The number of nitrogens with one attached hydrogen (secondary N) is 3. The van der Waals surface area contributed by atoms with Crippen LogP contribution in [0.3, 0.4) is 0 Å². The Bertz CT molecular complexity index is 1210. The summed E-state index contributed by atoms with van der Waals surface area (Å²) >= 11 is 0. The average Bonchev–Trinajstić information content (AvgIpc) is 3.58. The number of aromatic amines is 1. The summed E-state index contributed by atoms with van der Waals surface area (Å²) in [6.07, 6.45) is 3.58. The zero-order valence-corrected chi connectivity index (χ0v) is 22.3. The quantitative estimate of drug-likeness (QED) is 0.147. The molecule has 13 heteroatoms. The number of nitrogens with two attached hydrogens (primary N) is 2. The summed E-state index contributed by atoms with van der Waals surface area (Å²) in [5.41, 5.74) is 13.2. The van der Waals surface area contributed by atoms with E-state index in [-0.39, 0.29) is 25.8 Å². The molecule has 0 aliphatic carbocycles. The predicted molar refractivity (Wildman–Crippen MR) is 146 cm³/mol. The fourth-order valence-electron chi connectivity index (χ4n) is 4.93. The highest BCUT2D eigenvalue weighted by Gasteiger charge is 2.38. The van der Waals surface area contributed by atoms with Gasteiger partial charge in [0.15, 0.2) is 0 Å². The van der Waals surface area contributed by atoms with Crippen molar-refractivity contribution >= 4 is 40.6 Å². The van der Waals surface area contributed by atoms with Crippen LogP contribution < -0.4 is 22.1 Å². The molecule has 2 aromatic rings.